The molecule has 0 atom stereocenters. The molecule has 0 saturated heterocycles. The number of carbonyl (C=O) groups is 1. The average Bonchev–Trinajstić information content (AvgIpc) is 2.32. The molecule has 2 N–H and O–H groups in total. The molecule has 1 aromatic carbocycles. The SMILES string of the molecule is Cc1ccc(Sc2cncc(C(N)=O)n2)cc1. The summed E-state index contributed by atoms with van der Waals surface area (Å²) in [7, 11) is 0. The van der Waals surface area contributed by atoms with E-state index in [0.717, 1.165) is 4.90 Å². The molecule has 4 nitrogen and oxygen atoms in total. The number of amides is 1. The van der Waals surface area contributed by atoms with Gasteiger partial charge >= 0.3 is 0 Å². The Morgan fingerprint density at radius 2 is 1.94 bits per heavy atom. The highest BCUT2D eigenvalue weighted by Crippen LogP contribution is 2.25. The van der Waals surface area contributed by atoms with Crippen molar-refractivity contribution in [3.05, 3.63) is 47.9 Å². The van der Waals surface area contributed by atoms with Gasteiger partial charge in [0.1, 0.15) is 10.7 Å². The van der Waals surface area contributed by atoms with E-state index < -0.39 is 5.91 Å². The largest absolute Gasteiger partial charge is 0.364 e. The van der Waals surface area contributed by atoms with Crippen LogP contribution in [-0.4, -0.2) is 15.9 Å². The molecule has 0 fully saturated rings. The first-order valence-corrected chi connectivity index (χ1v) is 5.83. The molecule has 0 aliphatic rings. The highest BCUT2D eigenvalue weighted by molar-refractivity contribution is 7.99. The Morgan fingerprint density at radius 3 is 2.59 bits per heavy atom. The van der Waals surface area contributed by atoms with Crippen LogP contribution in [0.25, 0.3) is 0 Å². The number of carbonyl (C=O) groups excluding carboxylic acids is 1. The number of nitrogens with zero attached hydrogens (tertiary/aromatic N) is 2. The average molecular weight is 245 g/mol. The number of hydrogen-bond donors (Lipinski definition) is 1. The maximum atomic E-state index is 11.0. The second kappa shape index (κ2) is 4.97. The molecular formula is C12H11N3OS. The normalized spacial score (nSPS) is 10.2. The van der Waals surface area contributed by atoms with Crippen LogP contribution in [-0.2, 0) is 0 Å². The summed E-state index contributed by atoms with van der Waals surface area (Å²) in [5, 5.41) is 0.658. The van der Waals surface area contributed by atoms with Crippen molar-refractivity contribution in [1.82, 2.24) is 9.97 Å². The van der Waals surface area contributed by atoms with Crippen molar-refractivity contribution in [1.29, 1.82) is 0 Å². The lowest BCUT2D eigenvalue weighted by Crippen LogP contribution is -2.13. The molecule has 0 spiro atoms. The number of benzene rings is 1. The molecule has 2 aromatic rings. The standard InChI is InChI=1S/C12H11N3OS/c1-8-2-4-9(5-3-8)17-11-7-14-6-10(15-11)12(13)16/h2-7H,1H3,(H2,13,16). The first kappa shape index (κ1) is 11.6. The Hall–Kier alpha value is -1.88. The minimum absolute atomic E-state index is 0.183. The molecule has 0 unspecified atom stereocenters. The second-order valence-electron chi connectivity index (χ2n) is 3.52. The third kappa shape index (κ3) is 3.04. The van der Waals surface area contributed by atoms with Crippen LogP contribution in [0.5, 0.6) is 0 Å². The Balaban J connectivity index is 2.21. The summed E-state index contributed by atoms with van der Waals surface area (Å²) in [5.74, 6) is -0.566. The van der Waals surface area contributed by atoms with Crippen LogP contribution in [0.3, 0.4) is 0 Å². The lowest BCUT2D eigenvalue weighted by molar-refractivity contribution is 0.0994. The van der Waals surface area contributed by atoms with Crippen LogP contribution >= 0.6 is 11.8 Å². The van der Waals surface area contributed by atoms with Crippen LogP contribution < -0.4 is 5.73 Å². The van der Waals surface area contributed by atoms with Crippen LogP contribution in [0.15, 0.2) is 46.6 Å². The predicted octanol–water partition coefficient (Wildman–Crippen LogP) is 2.04. The van der Waals surface area contributed by atoms with Gasteiger partial charge in [-0.05, 0) is 19.1 Å². The van der Waals surface area contributed by atoms with Crippen molar-refractivity contribution in [3.8, 4) is 0 Å². The van der Waals surface area contributed by atoms with Crippen molar-refractivity contribution >= 4 is 17.7 Å². The number of nitrogens with two attached hydrogens (primary N) is 1. The smallest absolute Gasteiger partial charge is 0.268 e. The zero-order valence-corrected chi connectivity index (χ0v) is 10.1. The maximum Gasteiger partial charge on any atom is 0.268 e. The highest BCUT2D eigenvalue weighted by Gasteiger charge is 2.05. The second-order valence-corrected chi connectivity index (χ2v) is 4.62. The number of primary amides is 1. The molecule has 1 heterocycles. The molecule has 0 radical (unpaired) electrons. The van der Waals surface area contributed by atoms with E-state index in [0.29, 0.717) is 5.03 Å². The van der Waals surface area contributed by atoms with Gasteiger partial charge in [0.15, 0.2) is 0 Å². The van der Waals surface area contributed by atoms with Gasteiger partial charge in [-0.3, -0.25) is 9.78 Å². The zero-order valence-electron chi connectivity index (χ0n) is 9.25. The van der Waals surface area contributed by atoms with E-state index in [1.807, 2.05) is 31.2 Å². The van der Waals surface area contributed by atoms with Crippen molar-refractivity contribution < 1.29 is 4.79 Å². The van der Waals surface area contributed by atoms with E-state index in [1.165, 1.54) is 23.5 Å². The van der Waals surface area contributed by atoms with Crippen molar-refractivity contribution in [2.75, 3.05) is 0 Å². The monoisotopic (exact) mass is 245 g/mol. The van der Waals surface area contributed by atoms with Crippen molar-refractivity contribution in [2.45, 2.75) is 16.8 Å². The fourth-order valence-corrected chi connectivity index (χ4v) is 2.01. The van der Waals surface area contributed by atoms with Gasteiger partial charge in [-0.2, -0.15) is 0 Å². The Morgan fingerprint density at radius 1 is 1.24 bits per heavy atom. The molecule has 5 heteroatoms. The van der Waals surface area contributed by atoms with Gasteiger partial charge in [0, 0.05) is 4.90 Å². The fourth-order valence-electron chi connectivity index (χ4n) is 1.24. The Bertz CT molecular complexity index is 540. The van der Waals surface area contributed by atoms with E-state index in [9.17, 15) is 4.79 Å². The number of aromatic nitrogens is 2. The Labute approximate surface area is 103 Å². The molecule has 1 amide bonds. The third-order valence-corrected chi connectivity index (χ3v) is 3.02. The number of rotatable bonds is 3. The minimum atomic E-state index is -0.566. The van der Waals surface area contributed by atoms with Gasteiger partial charge in [-0.25, -0.2) is 4.98 Å². The Kier molecular flexibility index (Phi) is 3.39. The van der Waals surface area contributed by atoms with E-state index in [2.05, 4.69) is 9.97 Å². The molecule has 17 heavy (non-hydrogen) atoms. The highest BCUT2D eigenvalue weighted by atomic mass is 32.2. The predicted molar refractivity (Wildman–Crippen MR) is 65.9 cm³/mol. The maximum absolute atomic E-state index is 11.0. The third-order valence-electron chi connectivity index (χ3n) is 2.11. The lowest BCUT2D eigenvalue weighted by atomic mass is 10.2. The van der Waals surface area contributed by atoms with Crippen LogP contribution in [0, 0.1) is 6.92 Å². The van der Waals surface area contributed by atoms with Crippen molar-refractivity contribution in [2.24, 2.45) is 5.73 Å². The van der Waals surface area contributed by atoms with Crippen LogP contribution in [0.2, 0.25) is 0 Å². The summed E-state index contributed by atoms with van der Waals surface area (Å²) in [5.41, 5.74) is 6.53. The fraction of sp³-hybridized carbons (Fsp3) is 0.0833. The van der Waals surface area contributed by atoms with Gasteiger partial charge in [0.2, 0.25) is 0 Å². The van der Waals surface area contributed by atoms with Gasteiger partial charge in [0.05, 0.1) is 12.4 Å². The van der Waals surface area contributed by atoms with Gasteiger partial charge in [0.25, 0.3) is 5.91 Å². The van der Waals surface area contributed by atoms with E-state index >= 15 is 0 Å². The minimum Gasteiger partial charge on any atom is -0.364 e. The molecule has 0 bridgehead atoms. The first-order valence-electron chi connectivity index (χ1n) is 5.01. The molecular weight excluding hydrogens is 234 g/mol. The zero-order chi connectivity index (χ0) is 12.3. The van der Waals surface area contributed by atoms with Crippen molar-refractivity contribution in [3.63, 3.8) is 0 Å². The van der Waals surface area contributed by atoms with Crippen LogP contribution in [0.1, 0.15) is 16.1 Å². The van der Waals surface area contributed by atoms with E-state index in [-0.39, 0.29) is 5.69 Å². The first-order chi connectivity index (χ1) is 8.15. The molecule has 2 rings (SSSR count). The summed E-state index contributed by atoms with van der Waals surface area (Å²) < 4.78 is 0. The quantitative estimate of drug-likeness (QED) is 0.898. The summed E-state index contributed by atoms with van der Waals surface area (Å²) >= 11 is 1.45. The number of aryl methyl sites for hydroxylation is 1. The summed E-state index contributed by atoms with van der Waals surface area (Å²) in [6, 6.07) is 8.04. The molecule has 0 aliphatic carbocycles. The van der Waals surface area contributed by atoms with Gasteiger partial charge in [-0.1, -0.05) is 29.5 Å². The number of hydrogen-bond acceptors (Lipinski definition) is 4. The summed E-state index contributed by atoms with van der Waals surface area (Å²) in [6.45, 7) is 2.03. The van der Waals surface area contributed by atoms with E-state index in [4.69, 9.17) is 5.73 Å². The van der Waals surface area contributed by atoms with E-state index in [1.54, 1.807) is 6.20 Å². The lowest BCUT2D eigenvalue weighted by Gasteiger charge is -2.02. The van der Waals surface area contributed by atoms with Crippen LogP contribution in [0.4, 0.5) is 0 Å². The molecule has 0 saturated carbocycles. The summed E-state index contributed by atoms with van der Waals surface area (Å²) in [6.07, 6.45) is 2.97. The van der Waals surface area contributed by atoms with Gasteiger partial charge in [-0.15, -0.1) is 0 Å². The molecule has 86 valence electrons. The summed E-state index contributed by atoms with van der Waals surface area (Å²) in [4.78, 5) is 20.1. The van der Waals surface area contributed by atoms with Gasteiger partial charge < -0.3 is 5.73 Å². The molecule has 1 aromatic heterocycles. The topological polar surface area (TPSA) is 68.9 Å². The molecule has 0 aliphatic heterocycles.